The zero-order valence-electron chi connectivity index (χ0n) is 12.9. The van der Waals surface area contributed by atoms with Gasteiger partial charge in [-0.05, 0) is 30.9 Å². The number of hydrogen-bond acceptors (Lipinski definition) is 2. The number of carbonyl (C=O) groups excluding carboxylic acids is 1. The number of hydrazone groups is 1. The molecule has 1 aromatic rings. The minimum Gasteiger partial charge on any atom is -0.273 e. The van der Waals surface area contributed by atoms with E-state index in [1.165, 1.54) is 18.4 Å². The van der Waals surface area contributed by atoms with Crippen LogP contribution in [0, 0.1) is 0 Å². The number of nitrogens with zero attached hydrogens (tertiary/aromatic N) is 1. The van der Waals surface area contributed by atoms with E-state index < -0.39 is 0 Å². The molecule has 3 nitrogen and oxygen atoms in total. The van der Waals surface area contributed by atoms with Gasteiger partial charge in [-0.2, -0.15) is 5.10 Å². The number of nitrogens with one attached hydrogen (secondary N) is 1. The number of amides is 1. The van der Waals surface area contributed by atoms with Crippen molar-refractivity contribution in [1.29, 1.82) is 0 Å². The summed E-state index contributed by atoms with van der Waals surface area (Å²) in [4.78, 5) is 11.6. The van der Waals surface area contributed by atoms with Crippen LogP contribution in [0.4, 0.5) is 0 Å². The molecule has 110 valence electrons. The van der Waals surface area contributed by atoms with Gasteiger partial charge in [-0.25, -0.2) is 5.43 Å². The molecule has 0 fully saturated rings. The molecule has 0 heterocycles. The zero-order valence-corrected chi connectivity index (χ0v) is 12.9. The lowest BCUT2D eigenvalue weighted by Gasteiger charge is -2.04. The van der Waals surface area contributed by atoms with Gasteiger partial charge in [0, 0.05) is 6.42 Å². The number of aryl methyl sites for hydroxylation is 1. The molecule has 0 unspecified atom stereocenters. The smallest absolute Gasteiger partial charge is 0.240 e. The van der Waals surface area contributed by atoms with Gasteiger partial charge < -0.3 is 0 Å². The Hall–Kier alpha value is -1.64. The van der Waals surface area contributed by atoms with Gasteiger partial charge >= 0.3 is 0 Å². The molecule has 0 aromatic heterocycles. The first kappa shape index (κ1) is 16.4. The highest BCUT2D eigenvalue weighted by Crippen LogP contribution is 2.06. The Morgan fingerprint density at radius 2 is 1.80 bits per heavy atom. The van der Waals surface area contributed by atoms with Crippen LogP contribution in [0.2, 0.25) is 0 Å². The van der Waals surface area contributed by atoms with E-state index >= 15 is 0 Å². The summed E-state index contributed by atoms with van der Waals surface area (Å²) in [5.41, 5.74) is 5.83. The second-order valence-electron chi connectivity index (χ2n) is 5.09. The van der Waals surface area contributed by atoms with Gasteiger partial charge in [0.15, 0.2) is 0 Å². The van der Waals surface area contributed by atoms with Crippen molar-refractivity contribution in [2.24, 2.45) is 5.10 Å². The first-order chi connectivity index (χ1) is 9.67. The summed E-state index contributed by atoms with van der Waals surface area (Å²) in [6.45, 7) is 6.21. The minimum atomic E-state index is 0.00521. The molecule has 1 N–H and O–H groups in total. The van der Waals surface area contributed by atoms with Crippen LogP contribution in [-0.4, -0.2) is 11.6 Å². The molecule has 0 atom stereocenters. The quantitative estimate of drug-likeness (QED) is 0.433. The second kappa shape index (κ2) is 9.29. The Bertz CT molecular complexity index is 435. The first-order valence-electron chi connectivity index (χ1n) is 7.59. The zero-order chi connectivity index (χ0) is 14.8. The Balaban J connectivity index is 2.41. The summed E-state index contributed by atoms with van der Waals surface area (Å²) in [5, 5.41) is 4.17. The third-order valence-corrected chi connectivity index (χ3v) is 3.39. The number of benzene rings is 1. The predicted octanol–water partition coefficient (Wildman–Crippen LogP) is 4.06. The molecule has 0 bridgehead atoms. The topological polar surface area (TPSA) is 41.5 Å². The van der Waals surface area contributed by atoms with E-state index in [0.29, 0.717) is 6.42 Å². The van der Waals surface area contributed by atoms with E-state index in [-0.39, 0.29) is 5.91 Å². The fourth-order valence-electron chi connectivity index (χ4n) is 1.96. The van der Waals surface area contributed by atoms with Crippen LogP contribution in [0.1, 0.15) is 64.0 Å². The summed E-state index contributed by atoms with van der Waals surface area (Å²) < 4.78 is 0. The van der Waals surface area contributed by atoms with E-state index in [0.717, 1.165) is 30.5 Å². The van der Waals surface area contributed by atoms with Gasteiger partial charge in [0.1, 0.15) is 0 Å². The van der Waals surface area contributed by atoms with E-state index in [2.05, 4.69) is 36.5 Å². The summed E-state index contributed by atoms with van der Waals surface area (Å²) in [5.74, 6) is 0.00521. The van der Waals surface area contributed by atoms with Crippen molar-refractivity contribution < 1.29 is 4.79 Å². The normalized spacial score (nSPS) is 11.4. The van der Waals surface area contributed by atoms with Crippen LogP contribution in [0.5, 0.6) is 0 Å². The first-order valence-corrected chi connectivity index (χ1v) is 7.59. The number of unbranched alkanes of at least 4 members (excludes halogenated alkanes) is 3. The SMILES string of the molecule is CCCCCCC(=O)NN=C(C)c1ccc(CC)cc1. The molecule has 0 saturated carbocycles. The molecule has 0 saturated heterocycles. The van der Waals surface area contributed by atoms with Gasteiger partial charge in [-0.15, -0.1) is 0 Å². The fourth-order valence-corrected chi connectivity index (χ4v) is 1.96. The Morgan fingerprint density at radius 3 is 2.40 bits per heavy atom. The predicted molar refractivity (Wildman–Crippen MR) is 84.9 cm³/mol. The third-order valence-electron chi connectivity index (χ3n) is 3.39. The maximum absolute atomic E-state index is 11.6. The van der Waals surface area contributed by atoms with Crippen LogP contribution in [0.25, 0.3) is 0 Å². The average molecular weight is 274 g/mol. The lowest BCUT2D eigenvalue weighted by Crippen LogP contribution is -2.18. The number of hydrogen-bond donors (Lipinski definition) is 1. The van der Waals surface area contributed by atoms with Crippen molar-refractivity contribution in [3.8, 4) is 0 Å². The van der Waals surface area contributed by atoms with Crippen molar-refractivity contribution in [3.63, 3.8) is 0 Å². The van der Waals surface area contributed by atoms with Crippen molar-refractivity contribution in [2.75, 3.05) is 0 Å². The average Bonchev–Trinajstić information content (AvgIpc) is 2.49. The maximum Gasteiger partial charge on any atom is 0.240 e. The van der Waals surface area contributed by atoms with Gasteiger partial charge in [-0.1, -0.05) is 57.4 Å². The standard InChI is InChI=1S/C17H26N2O/c1-4-6-7-8-9-17(20)19-18-14(3)16-12-10-15(5-2)11-13-16/h10-13H,4-9H2,1-3H3,(H,19,20). The van der Waals surface area contributed by atoms with Gasteiger partial charge in [0.2, 0.25) is 5.91 Å². The van der Waals surface area contributed by atoms with Crippen LogP contribution in [0.3, 0.4) is 0 Å². The Kier molecular flexibility index (Phi) is 7.63. The molecule has 0 aliphatic carbocycles. The molecule has 20 heavy (non-hydrogen) atoms. The summed E-state index contributed by atoms with van der Waals surface area (Å²) in [6.07, 6.45) is 6.03. The molecule has 1 aromatic carbocycles. The van der Waals surface area contributed by atoms with E-state index in [4.69, 9.17) is 0 Å². The summed E-state index contributed by atoms with van der Waals surface area (Å²) >= 11 is 0. The number of carbonyl (C=O) groups is 1. The van der Waals surface area contributed by atoms with Crippen LogP contribution in [-0.2, 0) is 11.2 Å². The highest BCUT2D eigenvalue weighted by molar-refractivity contribution is 5.99. The number of rotatable bonds is 8. The molecule has 0 radical (unpaired) electrons. The molecule has 0 spiro atoms. The summed E-state index contributed by atoms with van der Waals surface area (Å²) in [6, 6.07) is 8.29. The minimum absolute atomic E-state index is 0.00521. The van der Waals surface area contributed by atoms with Crippen LogP contribution < -0.4 is 5.43 Å². The van der Waals surface area contributed by atoms with Crippen molar-refractivity contribution in [3.05, 3.63) is 35.4 Å². The van der Waals surface area contributed by atoms with Gasteiger partial charge in [-0.3, -0.25) is 4.79 Å². The third kappa shape index (κ3) is 6.00. The van der Waals surface area contributed by atoms with E-state index in [1.807, 2.05) is 19.1 Å². The molecule has 0 aliphatic rings. The van der Waals surface area contributed by atoms with Crippen molar-refractivity contribution in [1.82, 2.24) is 5.43 Å². The highest BCUT2D eigenvalue weighted by atomic mass is 16.2. The van der Waals surface area contributed by atoms with Crippen LogP contribution in [0.15, 0.2) is 29.4 Å². The summed E-state index contributed by atoms with van der Waals surface area (Å²) in [7, 11) is 0. The highest BCUT2D eigenvalue weighted by Gasteiger charge is 2.01. The molecule has 1 amide bonds. The lowest BCUT2D eigenvalue weighted by atomic mass is 10.1. The fraction of sp³-hybridized carbons (Fsp3) is 0.529. The van der Waals surface area contributed by atoms with E-state index in [1.54, 1.807) is 0 Å². The Morgan fingerprint density at radius 1 is 1.10 bits per heavy atom. The maximum atomic E-state index is 11.6. The van der Waals surface area contributed by atoms with Crippen molar-refractivity contribution in [2.45, 2.75) is 59.3 Å². The molecule has 3 heteroatoms. The van der Waals surface area contributed by atoms with Gasteiger partial charge in [0.25, 0.3) is 0 Å². The van der Waals surface area contributed by atoms with E-state index in [9.17, 15) is 4.79 Å². The molecule has 1 rings (SSSR count). The molecule has 0 aliphatic heterocycles. The Labute approximate surface area is 122 Å². The van der Waals surface area contributed by atoms with Gasteiger partial charge in [0.05, 0.1) is 5.71 Å². The van der Waals surface area contributed by atoms with Crippen LogP contribution >= 0.6 is 0 Å². The molecular formula is C17H26N2O. The molecular weight excluding hydrogens is 248 g/mol. The largest absolute Gasteiger partial charge is 0.273 e. The second-order valence-corrected chi connectivity index (χ2v) is 5.09. The monoisotopic (exact) mass is 274 g/mol. The van der Waals surface area contributed by atoms with Crippen molar-refractivity contribution >= 4 is 11.6 Å². The lowest BCUT2D eigenvalue weighted by molar-refractivity contribution is -0.121.